The highest BCUT2D eigenvalue weighted by Gasteiger charge is 2.16. The third-order valence-corrected chi connectivity index (χ3v) is 3.56. The van der Waals surface area contributed by atoms with Gasteiger partial charge < -0.3 is 5.73 Å². The molecule has 2 aromatic heterocycles. The molecule has 1 atom stereocenters. The predicted molar refractivity (Wildman–Crippen MR) is 69.3 cm³/mol. The molecule has 0 bridgehead atoms. The third kappa shape index (κ3) is 2.30. The van der Waals surface area contributed by atoms with Gasteiger partial charge in [-0.15, -0.1) is 11.3 Å². The second-order valence-electron chi connectivity index (χ2n) is 3.86. The zero-order valence-corrected chi connectivity index (χ0v) is 10.7. The SMILES string of the molecule is CCn1nc(C)cc(C(N)c2cccs2)c1=O. The van der Waals surface area contributed by atoms with E-state index in [0.717, 1.165) is 10.6 Å². The minimum atomic E-state index is -0.359. The van der Waals surface area contributed by atoms with Crippen LogP contribution in [0.1, 0.15) is 29.1 Å². The lowest BCUT2D eigenvalue weighted by molar-refractivity contribution is 0.592. The van der Waals surface area contributed by atoms with Crippen molar-refractivity contribution in [2.75, 3.05) is 0 Å². The molecule has 0 spiro atoms. The van der Waals surface area contributed by atoms with Crippen LogP contribution >= 0.6 is 11.3 Å². The molecule has 0 saturated carbocycles. The van der Waals surface area contributed by atoms with Crippen LogP contribution in [0.15, 0.2) is 28.4 Å². The van der Waals surface area contributed by atoms with Crippen molar-refractivity contribution in [1.82, 2.24) is 9.78 Å². The van der Waals surface area contributed by atoms with E-state index in [2.05, 4.69) is 5.10 Å². The number of nitrogens with zero attached hydrogens (tertiary/aromatic N) is 2. The maximum atomic E-state index is 12.1. The summed E-state index contributed by atoms with van der Waals surface area (Å²) in [5, 5.41) is 6.13. The maximum absolute atomic E-state index is 12.1. The number of aromatic nitrogens is 2. The second kappa shape index (κ2) is 4.81. The highest BCUT2D eigenvalue weighted by Crippen LogP contribution is 2.21. The molecule has 0 fully saturated rings. The highest BCUT2D eigenvalue weighted by molar-refractivity contribution is 7.10. The van der Waals surface area contributed by atoms with Gasteiger partial charge in [0.05, 0.1) is 11.7 Å². The van der Waals surface area contributed by atoms with Gasteiger partial charge in [0.1, 0.15) is 0 Å². The Hall–Kier alpha value is -1.46. The fourth-order valence-corrected chi connectivity index (χ4v) is 2.50. The van der Waals surface area contributed by atoms with Gasteiger partial charge in [-0.2, -0.15) is 5.10 Å². The average molecular weight is 249 g/mol. The summed E-state index contributed by atoms with van der Waals surface area (Å²) in [5.41, 5.74) is 7.45. The molecule has 1 unspecified atom stereocenters. The number of aryl methyl sites for hydroxylation is 2. The van der Waals surface area contributed by atoms with Gasteiger partial charge in [0.2, 0.25) is 0 Å². The molecule has 0 aromatic carbocycles. The van der Waals surface area contributed by atoms with Crippen molar-refractivity contribution in [2.24, 2.45) is 5.73 Å². The number of hydrogen-bond acceptors (Lipinski definition) is 4. The molecule has 2 N–H and O–H groups in total. The van der Waals surface area contributed by atoms with Crippen LogP contribution in [0.2, 0.25) is 0 Å². The largest absolute Gasteiger partial charge is 0.319 e. The molecule has 2 aromatic rings. The Labute approximate surface area is 104 Å². The van der Waals surface area contributed by atoms with Crippen molar-refractivity contribution in [3.8, 4) is 0 Å². The Morgan fingerprint density at radius 3 is 2.94 bits per heavy atom. The molecular weight excluding hydrogens is 234 g/mol. The van der Waals surface area contributed by atoms with E-state index in [-0.39, 0.29) is 11.6 Å². The van der Waals surface area contributed by atoms with Crippen LogP contribution in [-0.2, 0) is 6.54 Å². The summed E-state index contributed by atoms with van der Waals surface area (Å²) in [4.78, 5) is 13.1. The first-order chi connectivity index (χ1) is 8.13. The van der Waals surface area contributed by atoms with Crippen LogP contribution in [0.4, 0.5) is 0 Å². The van der Waals surface area contributed by atoms with Gasteiger partial charge in [-0.3, -0.25) is 4.79 Å². The van der Waals surface area contributed by atoms with Crippen molar-refractivity contribution in [3.63, 3.8) is 0 Å². The predicted octanol–water partition coefficient (Wildman–Crippen LogP) is 1.68. The third-order valence-electron chi connectivity index (χ3n) is 2.61. The maximum Gasteiger partial charge on any atom is 0.271 e. The molecule has 5 heteroatoms. The Kier molecular flexibility index (Phi) is 3.40. The molecule has 0 aliphatic rings. The quantitative estimate of drug-likeness (QED) is 0.900. The molecule has 0 amide bonds. The zero-order valence-electron chi connectivity index (χ0n) is 9.88. The van der Waals surface area contributed by atoms with E-state index in [0.29, 0.717) is 12.1 Å². The summed E-state index contributed by atoms with van der Waals surface area (Å²) in [6, 6.07) is 5.30. The summed E-state index contributed by atoms with van der Waals surface area (Å²) in [5.74, 6) is 0. The Morgan fingerprint density at radius 2 is 2.35 bits per heavy atom. The van der Waals surface area contributed by atoms with E-state index in [1.54, 1.807) is 17.4 Å². The van der Waals surface area contributed by atoms with E-state index < -0.39 is 0 Å². The van der Waals surface area contributed by atoms with Crippen molar-refractivity contribution in [3.05, 3.63) is 50.1 Å². The highest BCUT2D eigenvalue weighted by atomic mass is 32.1. The number of rotatable bonds is 3. The Morgan fingerprint density at radius 1 is 1.59 bits per heavy atom. The molecule has 0 saturated heterocycles. The van der Waals surface area contributed by atoms with Gasteiger partial charge in [0.25, 0.3) is 5.56 Å². The van der Waals surface area contributed by atoms with Crippen LogP contribution in [-0.4, -0.2) is 9.78 Å². The summed E-state index contributed by atoms with van der Waals surface area (Å²) < 4.78 is 1.46. The number of nitrogens with two attached hydrogens (primary N) is 1. The molecule has 17 heavy (non-hydrogen) atoms. The average Bonchev–Trinajstić information content (AvgIpc) is 2.84. The fraction of sp³-hybridized carbons (Fsp3) is 0.333. The van der Waals surface area contributed by atoms with Crippen molar-refractivity contribution in [2.45, 2.75) is 26.4 Å². The standard InChI is InChI=1S/C12H15N3OS/c1-3-15-12(16)9(7-8(2)14-15)11(13)10-5-4-6-17-10/h4-7,11H,3,13H2,1-2H3. The van der Waals surface area contributed by atoms with E-state index in [1.807, 2.05) is 31.4 Å². The minimum Gasteiger partial charge on any atom is -0.319 e. The summed E-state index contributed by atoms with van der Waals surface area (Å²) >= 11 is 1.56. The molecular formula is C12H15N3OS. The second-order valence-corrected chi connectivity index (χ2v) is 4.83. The molecule has 2 rings (SSSR count). The zero-order chi connectivity index (χ0) is 12.4. The van der Waals surface area contributed by atoms with Crippen LogP contribution in [0.5, 0.6) is 0 Å². The normalized spacial score (nSPS) is 12.6. The lowest BCUT2D eigenvalue weighted by Gasteiger charge is -2.12. The molecule has 90 valence electrons. The lowest BCUT2D eigenvalue weighted by Crippen LogP contribution is -2.30. The van der Waals surface area contributed by atoms with Gasteiger partial charge in [-0.25, -0.2) is 4.68 Å². The van der Waals surface area contributed by atoms with E-state index in [4.69, 9.17) is 5.73 Å². The van der Waals surface area contributed by atoms with Crippen LogP contribution < -0.4 is 11.3 Å². The molecule has 4 nitrogen and oxygen atoms in total. The van der Waals surface area contributed by atoms with Crippen molar-refractivity contribution in [1.29, 1.82) is 0 Å². The van der Waals surface area contributed by atoms with E-state index in [9.17, 15) is 4.79 Å². The monoisotopic (exact) mass is 249 g/mol. The molecule has 0 aliphatic carbocycles. The van der Waals surface area contributed by atoms with Crippen molar-refractivity contribution >= 4 is 11.3 Å². The smallest absolute Gasteiger partial charge is 0.271 e. The van der Waals surface area contributed by atoms with Gasteiger partial charge in [0.15, 0.2) is 0 Å². The van der Waals surface area contributed by atoms with Gasteiger partial charge in [-0.05, 0) is 31.4 Å². The first-order valence-corrected chi connectivity index (χ1v) is 6.39. The topological polar surface area (TPSA) is 60.9 Å². The fourth-order valence-electron chi connectivity index (χ4n) is 1.76. The van der Waals surface area contributed by atoms with Gasteiger partial charge >= 0.3 is 0 Å². The molecule has 0 radical (unpaired) electrons. The van der Waals surface area contributed by atoms with Crippen LogP contribution in [0, 0.1) is 6.92 Å². The lowest BCUT2D eigenvalue weighted by atomic mass is 10.1. The Bertz CT molecular complexity index is 560. The van der Waals surface area contributed by atoms with Gasteiger partial charge in [-0.1, -0.05) is 6.07 Å². The Balaban J connectivity index is 2.52. The summed E-state index contributed by atoms with van der Waals surface area (Å²) in [6.07, 6.45) is 0. The summed E-state index contributed by atoms with van der Waals surface area (Å²) in [7, 11) is 0. The number of thiophene rings is 1. The van der Waals surface area contributed by atoms with Crippen LogP contribution in [0.3, 0.4) is 0 Å². The van der Waals surface area contributed by atoms with Gasteiger partial charge in [0, 0.05) is 17.0 Å². The molecule has 2 heterocycles. The van der Waals surface area contributed by atoms with E-state index >= 15 is 0 Å². The van der Waals surface area contributed by atoms with E-state index in [1.165, 1.54) is 4.68 Å². The van der Waals surface area contributed by atoms with Crippen LogP contribution in [0.25, 0.3) is 0 Å². The molecule has 0 aliphatic heterocycles. The van der Waals surface area contributed by atoms with Crippen molar-refractivity contribution < 1.29 is 0 Å². The number of hydrogen-bond donors (Lipinski definition) is 1. The summed E-state index contributed by atoms with van der Waals surface area (Å²) in [6.45, 7) is 4.33. The first-order valence-electron chi connectivity index (χ1n) is 5.51. The minimum absolute atomic E-state index is 0.0981. The first kappa shape index (κ1) is 12.0.